The van der Waals surface area contributed by atoms with E-state index in [0.29, 0.717) is 0 Å². The summed E-state index contributed by atoms with van der Waals surface area (Å²) in [6.45, 7) is 5.04. The molecular weight excluding hydrogens is 202 g/mol. The van der Waals surface area contributed by atoms with Crippen LogP contribution < -0.4 is 5.32 Å². The van der Waals surface area contributed by atoms with Crippen molar-refractivity contribution in [3.05, 3.63) is 0 Å². The van der Waals surface area contributed by atoms with Crippen LogP contribution in [0.25, 0.3) is 0 Å². The van der Waals surface area contributed by atoms with Gasteiger partial charge in [0.05, 0.1) is 6.54 Å². The summed E-state index contributed by atoms with van der Waals surface area (Å²) >= 11 is 0. The zero-order valence-corrected chi connectivity index (χ0v) is 9.36. The molecule has 0 rings (SSSR count). The van der Waals surface area contributed by atoms with Gasteiger partial charge in [-0.05, 0) is 20.8 Å². The summed E-state index contributed by atoms with van der Waals surface area (Å²) in [7, 11) is 1.26. The molecule has 1 amide bonds. The molecule has 0 aromatic carbocycles. The van der Waals surface area contributed by atoms with Gasteiger partial charge in [-0.15, -0.1) is 0 Å². The summed E-state index contributed by atoms with van der Waals surface area (Å²) in [5, 5.41) is 10.9. The Bertz CT molecular complexity index is 233. The summed E-state index contributed by atoms with van der Waals surface area (Å²) in [6.07, 6.45) is -1.72. The van der Waals surface area contributed by atoms with Gasteiger partial charge in [0.1, 0.15) is 5.60 Å². The minimum absolute atomic E-state index is 0.124. The number of amides is 1. The highest BCUT2D eigenvalue weighted by molar-refractivity contribution is 5.74. The molecule has 0 aliphatic rings. The van der Waals surface area contributed by atoms with Crippen LogP contribution in [0.5, 0.6) is 0 Å². The van der Waals surface area contributed by atoms with Crippen molar-refractivity contribution >= 4 is 12.1 Å². The summed E-state index contributed by atoms with van der Waals surface area (Å²) in [5.74, 6) is -1.13. The van der Waals surface area contributed by atoms with Crippen molar-refractivity contribution in [3.63, 3.8) is 0 Å². The second kappa shape index (κ2) is 5.55. The molecule has 0 saturated carbocycles. The van der Waals surface area contributed by atoms with Crippen LogP contribution in [0.2, 0.25) is 0 Å². The highest BCUT2D eigenvalue weighted by Crippen LogP contribution is 2.06. The van der Waals surface area contributed by atoms with Crippen LogP contribution in [0.3, 0.4) is 0 Å². The Labute approximate surface area is 88.6 Å². The number of hydrogen-bond acceptors (Lipinski definition) is 4. The SMILES string of the molecule is CO[C@@H](CNC(=O)OC(C)(C)C)C(=O)O. The van der Waals surface area contributed by atoms with Crippen molar-refractivity contribution in [1.82, 2.24) is 5.32 Å². The number of carbonyl (C=O) groups is 2. The highest BCUT2D eigenvalue weighted by Gasteiger charge is 2.20. The predicted molar refractivity (Wildman–Crippen MR) is 52.7 cm³/mol. The summed E-state index contributed by atoms with van der Waals surface area (Å²) in [5.41, 5.74) is -0.601. The maximum Gasteiger partial charge on any atom is 0.407 e. The van der Waals surface area contributed by atoms with E-state index >= 15 is 0 Å². The third-order valence-electron chi connectivity index (χ3n) is 1.39. The molecule has 0 aliphatic carbocycles. The number of hydrogen-bond donors (Lipinski definition) is 2. The van der Waals surface area contributed by atoms with E-state index in [4.69, 9.17) is 9.84 Å². The predicted octanol–water partition coefficient (Wildman–Crippen LogP) is 0.611. The number of ether oxygens (including phenoxy) is 2. The number of carbonyl (C=O) groups excluding carboxylic acids is 1. The first-order valence-electron chi connectivity index (χ1n) is 4.48. The number of alkyl carbamates (subject to hydrolysis) is 1. The van der Waals surface area contributed by atoms with E-state index < -0.39 is 23.8 Å². The number of nitrogens with one attached hydrogen (secondary N) is 1. The van der Waals surface area contributed by atoms with E-state index in [9.17, 15) is 9.59 Å². The number of methoxy groups -OCH3 is 1. The van der Waals surface area contributed by atoms with Crippen molar-refractivity contribution in [2.24, 2.45) is 0 Å². The zero-order chi connectivity index (χ0) is 12.1. The van der Waals surface area contributed by atoms with Crippen LogP contribution in [0.4, 0.5) is 4.79 Å². The molecule has 0 fully saturated rings. The van der Waals surface area contributed by atoms with Crippen molar-refractivity contribution < 1.29 is 24.2 Å². The Morgan fingerprint density at radius 3 is 2.27 bits per heavy atom. The van der Waals surface area contributed by atoms with Gasteiger partial charge < -0.3 is 19.9 Å². The maximum absolute atomic E-state index is 11.1. The molecule has 0 aromatic heterocycles. The number of rotatable bonds is 4. The lowest BCUT2D eigenvalue weighted by atomic mass is 10.2. The first kappa shape index (κ1) is 13.7. The highest BCUT2D eigenvalue weighted by atomic mass is 16.6. The topological polar surface area (TPSA) is 84.9 Å². The lowest BCUT2D eigenvalue weighted by Gasteiger charge is -2.20. The van der Waals surface area contributed by atoms with Crippen LogP contribution >= 0.6 is 0 Å². The molecule has 0 bridgehead atoms. The van der Waals surface area contributed by atoms with Gasteiger partial charge in [0.15, 0.2) is 6.10 Å². The minimum Gasteiger partial charge on any atom is -0.479 e. The Balaban J connectivity index is 3.94. The number of carboxylic acids is 1. The standard InChI is InChI=1S/C9H17NO5/c1-9(2,3)15-8(13)10-5-6(14-4)7(11)12/h6H,5H2,1-4H3,(H,10,13)(H,11,12)/t6-/m0/s1. The molecule has 0 aliphatic heterocycles. The zero-order valence-electron chi connectivity index (χ0n) is 9.36. The fourth-order valence-electron chi connectivity index (χ4n) is 0.762. The molecule has 15 heavy (non-hydrogen) atoms. The molecule has 0 saturated heterocycles. The lowest BCUT2D eigenvalue weighted by Crippen LogP contribution is -2.40. The van der Waals surface area contributed by atoms with E-state index in [1.807, 2.05) is 0 Å². The van der Waals surface area contributed by atoms with E-state index in [2.05, 4.69) is 10.1 Å². The molecule has 1 atom stereocenters. The van der Waals surface area contributed by atoms with E-state index in [1.165, 1.54) is 7.11 Å². The largest absolute Gasteiger partial charge is 0.479 e. The minimum atomic E-state index is -1.13. The second-order valence-corrected chi connectivity index (χ2v) is 3.95. The second-order valence-electron chi connectivity index (χ2n) is 3.95. The average molecular weight is 219 g/mol. The van der Waals surface area contributed by atoms with Gasteiger partial charge in [-0.1, -0.05) is 0 Å². The third-order valence-corrected chi connectivity index (χ3v) is 1.39. The number of aliphatic carboxylic acids is 1. The fraction of sp³-hybridized carbons (Fsp3) is 0.778. The van der Waals surface area contributed by atoms with Crippen LogP contribution in [0.1, 0.15) is 20.8 Å². The van der Waals surface area contributed by atoms with E-state index in [-0.39, 0.29) is 6.54 Å². The van der Waals surface area contributed by atoms with Crippen molar-refractivity contribution in [3.8, 4) is 0 Å². The summed E-state index contributed by atoms with van der Waals surface area (Å²) in [6, 6.07) is 0. The van der Waals surface area contributed by atoms with Gasteiger partial charge in [-0.2, -0.15) is 0 Å². The van der Waals surface area contributed by atoms with Crippen molar-refractivity contribution in [2.45, 2.75) is 32.5 Å². The Hall–Kier alpha value is -1.30. The molecule has 88 valence electrons. The molecule has 6 heteroatoms. The summed E-state index contributed by atoms with van der Waals surface area (Å²) < 4.78 is 9.54. The number of carboxylic acid groups (broad SMARTS) is 1. The summed E-state index contributed by atoms with van der Waals surface area (Å²) in [4.78, 5) is 21.6. The molecule has 6 nitrogen and oxygen atoms in total. The Kier molecular flexibility index (Phi) is 5.07. The molecular formula is C9H17NO5. The van der Waals surface area contributed by atoms with Gasteiger partial charge in [0.25, 0.3) is 0 Å². The van der Waals surface area contributed by atoms with Crippen LogP contribution in [-0.4, -0.2) is 42.5 Å². The monoisotopic (exact) mass is 219 g/mol. The van der Waals surface area contributed by atoms with E-state index in [1.54, 1.807) is 20.8 Å². The first-order valence-corrected chi connectivity index (χ1v) is 4.48. The molecule has 0 spiro atoms. The normalized spacial score (nSPS) is 13.1. The van der Waals surface area contributed by atoms with Crippen LogP contribution in [0.15, 0.2) is 0 Å². The quantitative estimate of drug-likeness (QED) is 0.723. The third kappa shape index (κ3) is 6.73. The molecule has 0 radical (unpaired) electrons. The van der Waals surface area contributed by atoms with Crippen molar-refractivity contribution in [2.75, 3.05) is 13.7 Å². The molecule has 0 heterocycles. The molecule has 0 aromatic rings. The van der Waals surface area contributed by atoms with Gasteiger partial charge in [0, 0.05) is 7.11 Å². The van der Waals surface area contributed by atoms with Gasteiger partial charge in [-0.25, -0.2) is 9.59 Å². The van der Waals surface area contributed by atoms with Crippen LogP contribution in [-0.2, 0) is 14.3 Å². The van der Waals surface area contributed by atoms with Gasteiger partial charge in [0.2, 0.25) is 0 Å². The molecule has 2 N–H and O–H groups in total. The fourth-order valence-corrected chi connectivity index (χ4v) is 0.762. The van der Waals surface area contributed by atoms with Crippen LogP contribution in [0, 0.1) is 0 Å². The Morgan fingerprint density at radius 2 is 1.93 bits per heavy atom. The maximum atomic E-state index is 11.1. The lowest BCUT2D eigenvalue weighted by molar-refractivity contribution is -0.148. The average Bonchev–Trinajstić information content (AvgIpc) is 2.01. The smallest absolute Gasteiger partial charge is 0.407 e. The van der Waals surface area contributed by atoms with E-state index in [0.717, 1.165) is 0 Å². The van der Waals surface area contributed by atoms with Crippen molar-refractivity contribution in [1.29, 1.82) is 0 Å². The van der Waals surface area contributed by atoms with Gasteiger partial charge in [-0.3, -0.25) is 0 Å². The molecule has 0 unspecified atom stereocenters. The van der Waals surface area contributed by atoms with Gasteiger partial charge >= 0.3 is 12.1 Å². The Morgan fingerprint density at radius 1 is 1.40 bits per heavy atom. The first-order chi connectivity index (χ1) is 6.76.